The highest BCUT2D eigenvalue weighted by atomic mass is 16.5. The van der Waals surface area contributed by atoms with Gasteiger partial charge in [0, 0.05) is 55.0 Å². The summed E-state index contributed by atoms with van der Waals surface area (Å²) >= 11 is 0. The number of pyridine rings is 2. The third-order valence-corrected chi connectivity index (χ3v) is 8.27. The van der Waals surface area contributed by atoms with Crippen LogP contribution in [0.25, 0.3) is 0 Å². The van der Waals surface area contributed by atoms with Crippen molar-refractivity contribution in [2.75, 3.05) is 40.2 Å². The molecule has 16 heteroatoms. The molecule has 56 heavy (non-hydrogen) atoms. The SMILES string of the molecule is CNc1cc(C(=O)NCc2ccc(OC)cc2OC)nc(C(=N)N(Cc2ccc(OC)nc2)C(=N)C(=NCCC#N)/C(OCc2ccccc2)=C(/C)N)c1C=N. The second-order valence-electron chi connectivity index (χ2n) is 12.0. The Kier molecular flexibility index (Phi) is 15.0. The number of anilines is 1. The van der Waals surface area contributed by atoms with Gasteiger partial charge in [0.15, 0.2) is 17.4 Å². The smallest absolute Gasteiger partial charge is 0.270 e. The van der Waals surface area contributed by atoms with Crippen LogP contribution in [-0.4, -0.2) is 79.3 Å². The number of allylic oxidation sites excluding steroid dienone is 1. The monoisotopic (exact) mass is 759 g/mol. The lowest BCUT2D eigenvalue weighted by Gasteiger charge is -2.28. The molecule has 0 saturated carbocycles. The fourth-order valence-corrected chi connectivity index (χ4v) is 5.37. The summed E-state index contributed by atoms with van der Waals surface area (Å²) in [5.41, 5.74) is 9.03. The van der Waals surface area contributed by atoms with Gasteiger partial charge in [0.1, 0.15) is 35.2 Å². The zero-order valence-corrected chi connectivity index (χ0v) is 31.9. The lowest BCUT2D eigenvalue weighted by molar-refractivity contribution is 0.0945. The van der Waals surface area contributed by atoms with Gasteiger partial charge in [0.2, 0.25) is 5.88 Å². The van der Waals surface area contributed by atoms with E-state index in [0.717, 1.165) is 11.8 Å². The number of amidine groups is 2. The Hall–Kier alpha value is -7.28. The Labute approximate surface area is 325 Å². The van der Waals surface area contributed by atoms with Crippen LogP contribution in [0.5, 0.6) is 17.4 Å². The Bertz CT molecular complexity index is 2140. The molecule has 16 nitrogen and oxygen atoms in total. The topological polar surface area (TPSA) is 241 Å². The van der Waals surface area contributed by atoms with Crippen molar-refractivity contribution in [1.29, 1.82) is 21.5 Å². The first-order valence-electron chi connectivity index (χ1n) is 17.3. The Morgan fingerprint density at radius 2 is 1.80 bits per heavy atom. The van der Waals surface area contributed by atoms with E-state index in [0.29, 0.717) is 34.2 Å². The minimum atomic E-state index is -0.567. The van der Waals surface area contributed by atoms with Crippen molar-refractivity contribution >= 4 is 35.2 Å². The fraction of sp³-hybridized carbons (Fsp3) is 0.250. The first-order valence-corrected chi connectivity index (χ1v) is 17.3. The largest absolute Gasteiger partial charge is 0.497 e. The minimum absolute atomic E-state index is 0.00743. The molecule has 0 saturated heterocycles. The summed E-state index contributed by atoms with van der Waals surface area (Å²) in [4.78, 5) is 28.5. The van der Waals surface area contributed by atoms with E-state index in [4.69, 9.17) is 30.1 Å². The third-order valence-electron chi connectivity index (χ3n) is 8.27. The summed E-state index contributed by atoms with van der Waals surface area (Å²) in [5.74, 6) is 0.314. The van der Waals surface area contributed by atoms with Crippen LogP contribution in [0.1, 0.15) is 51.8 Å². The average Bonchev–Trinajstić information content (AvgIpc) is 3.23. The van der Waals surface area contributed by atoms with Crippen molar-refractivity contribution in [3.8, 4) is 23.4 Å². The molecule has 290 valence electrons. The Morgan fingerprint density at radius 1 is 1.04 bits per heavy atom. The van der Waals surface area contributed by atoms with E-state index in [2.05, 4.69) is 31.7 Å². The number of nitrogens with one attached hydrogen (secondary N) is 5. The predicted molar refractivity (Wildman–Crippen MR) is 214 cm³/mol. The van der Waals surface area contributed by atoms with Gasteiger partial charge in [-0.1, -0.05) is 36.4 Å². The summed E-state index contributed by atoms with van der Waals surface area (Å²) in [6, 6.07) is 21.5. The maximum atomic E-state index is 13.7. The van der Waals surface area contributed by atoms with E-state index in [1.807, 2.05) is 30.3 Å². The third kappa shape index (κ3) is 10.4. The van der Waals surface area contributed by atoms with Gasteiger partial charge in [-0.2, -0.15) is 5.26 Å². The van der Waals surface area contributed by atoms with Crippen molar-refractivity contribution in [3.05, 3.63) is 118 Å². The summed E-state index contributed by atoms with van der Waals surface area (Å²) in [6.45, 7) is 1.69. The van der Waals surface area contributed by atoms with Crippen molar-refractivity contribution < 1.29 is 23.7 Å². The lowest BCUT2D eigenvalue weighted by atomic mass is 10.1. The normalized spacial score (nSPS) is 11.3. The minimum Gasteiger partial charge on any atom is -0.497 e. The molecule has 4 rings (SSSR count). The standard InChI is InChI=1S/C40H45N11O5/c1-25(43)37(56-24-26-10-7-6-8-11-26)36(47-17-9-16-41)39(45)51(23-27-12-15-34(55-5)48-21-27)38(44)35-30(20-42)31(46-2)19-32(50-35)40(52)49-22-28-13-14-29(53-3)18-33(28)54-4/h6-8,10-15,18-21,42,44-45H,9,17,22-24,43H2,1-5H3,(H,46,50)(H,49,52)/b37-25+,42-20?,44-38?,45-39?,47-36?. The summed E-state index contributed by atoms with van der Waals surface area (Å²) in [7, 11) is 6.17. The van der Waals surface area contributed by atoms with Crippen LogP contribution >= 0.6 is 0 Å². The highest BCUT2D eigenvalue weighted by molar-refractivity contribution is 6.48. The van der Waals surface area contributed by atoms with E-state index in [-0.39, 0.29) is 78.5 Å². The van der Waals surface area contributed by atoms with Gasteiger partial charge >= 0.3 is 0 Å². The number of hydrogen-bond acceptors (Lipinski definition) is 14. The second-order valence-corrected chi connectivity index (χ2v) is 12.0. The molecule has 2 aromatic carbocycles. The zero-order chi connectivity index (χ0) is 40.6. The highest BCUT2D eigenvalue weighted by Gasteiger charge is 2.29. The number of amides is 1. The molecule has 0 aliphatic rings. The maximum absolute atomic E-state index is 13.7. The molecule has 0 aliphatic carbocycles. The number of ether oxygens (including phenoxy) is 4. The van der Waals surface area contributed by atoms with E-state index in [1.54, 1.807) is 51.4 Å². The van der Waals surface area contributed by atoms with Gasteiger partial charge in [-0.05, 0) is 36.2 Å². The quantitative estimate of drug-likeness (QED) is 0.0340. The van der Waals surface area contributed by atoms with Gasteiger partial charge < -0.3 is 45.6 Å². The van der Waals surface area contributed by atoms with Crippen LogP contribution in [-0.2, 0) is 24.4 Å². The molecule has 2 heterocycles. The van der Waals surface area contributed by atoms with Gasteiger partial charge in [0.05, 0.1) is 52.6 Å². The van der Waals surface area contributed by atoms with Crippen LogP contribution in [0.4, 0.5) is 5.69 Å². The number of rotatable bonds is 18. The van der Waals surface area contributed by atoms with E-state index in [9.17, 15) is 20.9 Å². The number of aliphatic imine (C=N–C) groups is 1. The molecule has 0 aliphatic heterocycles. The molecule has 0 fully saturated rings. The molecule has 0 bridgehead atoms. The van der Waals surface area contributed by atoms with Crippen LogP contribution < -0.4 is 30.6 Å². The summed E-state index contributed by atoms with van der Waals surface area (Å²) < 4.78 is 22.2. The van der Waals surface area contributed by atoms with Crippen molar-refractivity contribution in [2.24, 2.45) is 10.7 Å². The maximum Gasteiger partial charge on any atom is 0.270 e. The molecule has 2 aromatic heterocycles. The van der Waals surface area contributed by atoms with Gasteiger partial charge in [-0.15, -0.1) is 0 Å². The molecular formula is C40H45N11O5. The number of nitrogens with two attached hydrogens (primary N) is 1. The van der Waals surface area contributed by atoms with Crippen molar-refractivity contribution in [2.45, 2.75) is 33.0 Å². The number of carbonyl (C=O) groups excluding carboxylic acids is 1. The van der Waals surface area contributed by atoms with Crippen molar-refractivity contribution in [3.63, 3.8) is 0 Å². The molecule has 0 unspecified atom stereocenters. The molecule has 7 N–H and O–H groups in total. The van der Waals surface area contributed by atoms with Gasteiger partial charge in [0.25, 0.3) is 5.91 Å². The molecule has 1 amide bonds. The van der Waals surface area contributed by atoms with Crippen LogP contribution in [0.15, 0.2) is 89.4 Å². The van der Waals surface area contributed by atoms with Gasteiger partial charge in [-0.25, -0.2) is 9.97 Å². The number of aromatic nitrogens is 2. The molecule has 4 aromatic rings. The lowest BCUT2D eigenvalue weighted by Crippen LogP contribution is -2.43. The van der Waals surface area contributed by atoms with E-state index in [1.165, 1.54) is 31.4 Å². The Morgan fingerprint density at radius 3 is 2.41 bits per heavy atom. The van der Waals surface area contributed by atoms with Crippen molar-refractivity contribution in [1.82, 2.24) is 20.2 Å². The van der Waals surface area contributed by atoms with Crippen LogP contribution in [0, 0.1) is 27.6 Å². The number of benzene rings is 2. The van der Waals surface area contributed by atoms with Gasteiger partial charge in [-0.3, -0.25) is 20.6 Å². The van der Waals surface area contributed by atoms with E-state index >= 15 is 0 Å². The molecule has 0 atom stereocenters. The second kappa shape index (κ2) is 20.3. The number of carbonyl (C=O) groups is 1. The van der Waals surface area contributed by atoms with Crippen LogP contribution in [0.2, 0.25) is 0 Å². The number of nitrogens with zero attached hydrogens (tertiary/aromatic N) is 5. The fourth-order valence-electron chi connectivity index (χ4n) is 5.37. The molecular weight excluding hydrogens is 715 g/mol. The highest BCUT2D eigenvalue weighted by Crippen LogP contribution is 2.26. The average molecular weight is 760 g/mol. The number of hydrogen-bond donors (Lipinski definition) is 6. The summed E-state index contributed by atoms with van der Waals surface area (Å²) in [5, 5.41) is 42.7. The molecule has 0 radical (unpaired) electrons. The summed E-state index contributed by atoms with van der Waals surface area (Å²) in [6.07, 6.45) is 2.59. The van der Waals surface area contributed by atoms with E-state index < -0.39 is 5.91 Å². The van der Waals surface area contributed by atoms with Crippen LogP contribution in [0.3, 0.4) is 0 Å². The number of methoxy groups -OCH3 is 3. The predicted octanol–water partition coefficient (Wildman–Crippen LogP) is 5.04. The zero-order valence-electron chi connectivity index (χ0n) is 31.9. The Balaban J connectivity index is 1.81. The first kappa shape index (κ1) is 41.5. The number of nitriles is 1. The molecule has 0 spiro atoms. The first-order chi connectivity index (χ1) is 27.1.